The third kappa shape index (κ3) is 4.04. The van der Waals surface area contributed by atoms with Crippen LogP contribution >= 0.6 is 0 Å². The third-order valence-electron chi connectivity index (χ3n) is 6.47. The molecule has 0 radical (unpaired) electrons. The zero-order valence-corrected chi connectivity index (χ0v) is 18.9. The van der Waals surface area contributed by atoms with E-state index in [0.29, 0.717) is 17.8 Å². The maximum absolute atomic E-state index is 13.0. The van der Waals surface area contributed by atoms with Crippen LogP contribution in [0.2, 0.25) is 0 Å². The fourth-order valence-electron chi connectivity index (χ4n) is 4.71. The van der Waals surface area contributed by atoms with Gasteiger partial charge in [0.2, 0.25) is 35.4 Å². The average Bonchev–Trinajstić information content (AvgIpc) is 3.32. The summed E-state index contributed by atoms with van der Waals surface area (Å²) in [6, 6.07) is 12.8. The zero-order chi connectivity index (χ0) is 25.6. The minimum atomic E-state index is -1.46. The fraction of sp³-hybridized carbons (Fsp3) is 0.240. The van der Waals surface area contributed by atoms with Gasteiger partial charge in [0.15, 0.2) is 0 Å². The van der Waals surface area contributed by atoms with Crippen LogP contribution in [0.25, 0.3) is 0 Å². The molecule has 36 heavy (non-hydrogen) atoms. The number of carbonyl (C=O) groups excluding carboxylic acids is 7. The average molecular weight is 488 g/mol. The zero-order valence-electron chi connectivity index (χ0n) is 18.9. The maximum atomic E-state index is 13.0. The van der Waals surface area contributed by atoms with E-state index in [0.717, 1.165) is 16.0 Å². The molecule has 0 aromatic heterocycles. The standard InChI is InChI=1S/C25H20N4O7/c30-18-9-10-19(31)28(18)15-5-1-13(2-6-15)11-14-3-7-16(8-4-14)29-20(32)12-17(24(29)35)21-22(33)26-25(36)27-23(21)34/h1-8,17,21H,9-12H2,(H2,26,27,33,34,36). The van der Waals surface area contributed by atoms with Gasteiger partial charge in [-0.25, -0.2) is 4.79 Å². The van der Waals surface area contributed by atoms with Gasteiger partial charge in [0.25, 0.3) is 0 Å². The fourth-order valence-corrected chi connectivity index (χ4v) is 4.71. The summed E-state index contributed by atoms with van der Waals surface area (Å²) >= 11 is 0. The highest BCUT2D eigenvalue weighted by Crippen LogP contribution is 2.32. The summed E-state index contributed by atoms with van der Waals surface area (Å²) in [7, 11) is 0. The number of nitrogens with zero attached hydrogens (tertiary/aromatic N) is 2. The molecular weight excluding hydrogens is 468 g/mol. The lowest BCUT2D eigenvalue weighted by atomic mass is 9.88. The van der Waals surface area contributed by atoms with Crippen LogP contribution in [0, 0.1) is 11.8 Å². The van der Waals surface area contributed by atoms with E-state index >= 15 is 0 Å². The van der Waals surface area contributed by atoms with E-state index in [9.17, 15) is 33.6 Å². The van der Waals surface area contributed by atoms with Crippen molar-refractivity contribution in [1.29, 1.82) is 0 Å². The first-order chi connectivity index (χ1) is 17.2. The van der Waals surface area contributed by atoms with E-state index in [4.69, 9.17) is 0 Å². The minimum Gasteiger partial charge on any atom is -0.277 e. The number of amides is 8. The van der Waals surface area contributed by atoms with Crippen LogP contribution in [0.5, 0.6) is 0 Å². The first kappa shape index (κ1) is 23.1. The molecule has 2 N–H and O–H groups in total. The molecule has 0 saturated carbocycles. The molecule has 0 aliphatic carbocycles. The lowest BCUT2D eigenvalue weighted by Crippen LogP contribution is -2.58. The van der Waals surface area contributed by atoms with Crippen molar-refractivity contribution < 1.29 is 33.6 Å². The van der Waals surface area contributed by atoms with E-state index in [1.165, 1.54) is 4.90 Å². The maximum Gasteiger partial charge on any atom is 0.328 e. The second kappa shape index (κ2) is 8.84. The molecule has 1 unspecified atom stereocenters. The van der Waals surface area contributed by atoms with Gasteiger partial charge >= 0.3 is 6.03 Å². The Morgan fingerprint density at radius 3 is 1.61 bits per heavy atom. The Morgan fingerprint density at radius 2 is 1.11 bits per heavy atom. The lowest BCUT2D eigenvalue weighted by Gasteiger charge is -2.24. The summed E-state index contributed by atoms with van der Waals surface area (Å²) in [4.78, 5) is 87.1. The number of rotatable bonds is 5. The summed E-state index contributed by atoms with van der Waals surface area (Å²) in [5, 5.41) is 3.91. The number of imide groups is 4. The minimum absolute atomic E-state index is 0.213. The van der Waals surface area contributed by atoms with Crippen molar-refractivity contribution in [2.75, 3.05) is 9.80 Å². The molecule has 2 aromatic rings. The summed E-state index contributed by atoms with van der Waals surface area (Å²) < 4.78 is 0. The number of urea groups is 1. The topological polar surface area (TPSA) is 150 Å². The van der Waals surface area contributed by atoms with Gasteiger partial charge in [0, 0.05) is 19.3 Å². The Labute approximate surface area is 204 Å². The lowest BCUT2D eigenvalue weighted by molar-refractivity contribution is -0.142. The molecule has 182 valence electrons. The molecule has 5 rings (SSSR count). The summed E-state index contributed by atoms with van der Waals surface area (Å²) in [5.41, 5.74) is 2.67. The molecule has 0 spiro atoms. The Hall–Kier alpha value is -4.67. The van der Waals surface area contributed by atoms with Crippen LogP contribution in [-0.4, -0.2) is 41.5 Å². The van der Waals surface area contributed by atoms with Gasteiger partial charge in [-0.15, -0.1) is 0 Å². The smallest absolute Gasteiger partial charge is 0.277 e. The Bertz CT molecular complexity index is 1300. The molecule has 0 bridgehead atoms. The van der Waals surface area contributed by atoms with E-state index in [1.807, 2.05) is 22.8 Å². The summed E-state index contributed by atoms with van der Waals surface area (Å²) in [5.74, 6) is -6.12. The van der Waals surface area contributed by atoms with Gasteiger partial charge in [-0.3, -0.25) is 49.2 Å². The van der Waals surface area contributed by atoms with E-state index < -0.39 is 41.5 Å². The number of hydrogen-bond donors (Lipinski definition) is 2. The molecule has 3 fully saturated rings. The van der Waals surface area contributed by atoms with Gasteiger partial charge in [0.1, 0.15) is 5.92 Å². The van der Waals surface area contributed by atoms with Crippen molar-refractivity contribution in [3.63, 3.8) is 0 Å². The molecule has 3 saturated heterocycles. The van der Waals surface area contributed by atoms with E-state index in [1.54, 1.807) is 36.4 Å². The van der Waals surface area contributed by atoms with Crippen molar-refractivity contribution >= 4 is 52.8 Å². The highest BCUT2D eigenvalue weighted by Gasteiger charge is 2.51. The molecule has 1 atom stereocenters. The third-order valence-corrected chi connectivity index (χ3v) is 6.47. The van der Waals surface area contributed by atoms with Gasteiger partial charge < -0.3 is 0 Å². The second-order valence-electron chi connectivity index (χ2n) is 8.80. The van der Waals surface area contributed by atoms with Gasteiger partial charge in [-0.1, -0.05) is 24.3 Å². The van der Waals surface area contributed by atoms with Crippen molar-refractivity contribution in [3.8, 4) is 0 Å². The summed E-state index contributed by atoms with van der Waals surface area (Å²) in [6.07, 6.45) is 0.644. The van der Waals surface area contributed by atoms with Crippen molar-refractivity contribution in [2.45, 2.75) is 25.7 Å². The highest BCUT2D eigenvalue weighted by molar-refractivity contribution is 6.25. The Balaban J connectivity index is 1.27. The van der Waals surface area contributed by atoms with Gasteiger partial charge in [0.05, 0.1) is 17.3 Å². The van der Waals surface area contributed by atoms with Crippen molar-refractivity contribution in [2.24, 2.45) is 11.8 Å². The van der Waals surface area contributed by atoms with Gasteiger partial charge in [-0.05, 0) is 41.8 Å². The van der Waals surface area contributed by atoms with E-state index in [-0.39, 0.29) is 31.1 Å². The number of benzene rings is 2. The first-order valence-electron chi connectivity index (χ1n) is 11.3. The number of barbiturate groups is 1. The van der Waals surface area contributed by atoms with Crippen LogP contribution in [0.1, 0.15) is 30.4 Å². The molecule has 3 aliphatic heterocycles. The quantitative estimate of drug-likeness (QED) is 0.467. The predicted molar refractivity (Wildman–Crippen MR) is 123 cm³/mol. The molecule has 11 heteroatoms. The molecular formula is C25H20N4O7. The van der Waals surface area contributed by atoms with Crippen LogP contribution in [0.3, 0.4) is 0 Å². The molecule has 3 heterocycles. The Kier molecular flexibility index (Phi) is 5.67. The molecule has 2 aromatic carbocycles. The Morgan fingerprint density at radius 1 is 0.639 bits per heavy atom. The second-order valence-corrected chi connectivity index (χ2v) is 8.80. The molecule has 3 aliphatic rings. The predicted octanol–water partition coefficient (Wildman–Crippen LogP) is 0.792. The van der Waals surface area contributed by atoms with E-state index in [2.05, 4.69) is 0 Å². The number of hydrogen-bond acceptors (Lipinski definition) is 7. The monoisotopic (exact) mass is 488 g/mol. The van der Waals surface area contributed by atoms with Crippen molar-refractivity contribution in [3.05, 3.63) is 59.7 Å². The van der Waals surface area contributed by atoms with Crippen LogP contribution in [-0.2, 0) is 35.2 Å². The van der Waals surface area contributed by atoms with Crippen LogP contribution in [0.15, 0.2) is 48.5 Å². The van der Waals surface area contributed by atoms with Gasteiger partial charge in [-0.2, -0.15) is 0 Å². The highest BCUT2D eigenvalue weighted by atomic mass is 16.2. The molecule has 8 amide bonds. The van der Waals surface area contributed by atoms with Crippen LogP contribution in [0.4, 0.5) is 16.2 Å². The number of anilines is 2. The summed E-state index contributed by atoms with van der Waals surface area (Å²) in [6.45, 7) is 0. The largest absolute Gasteiger partial charge is 0.328 e. The molecule has 11 nitrogen and oxygen atoms in total. The number of carbonyl (C=O) groups is 7. The van der Waals surface area contributed by atoms with Crippen LogP contribution < -0.4 is 20.4 Å². The first-order valence-corrected chi connectivity index (χ1v) is 11.3. The SMILES string of the molecule is O=C1NC(=O)C(C2CC(=O)N(c3ccc(Cc4ccc(N5C(=O)CCC5=O)cc4)cc3)C2=O)C(=O)N1. The normalized spacial score (nSPS) is 20.9. The number of nitrogens with one attached hydrogen (secondary N) is 2. The van der Waals surface area contributed by atoms with Crippen molar-refractivity contribution in [1.82, 2.24) is 10.6 Å².